The average molecular weight is 347 g/mol. The molecule has 0 aromatic rings. The number of hydrogen-bond acceptors (Lipinski definition) is 0. The molecule has 1 saturated carbocycles. The summed E-state index contributed by atoms with van der Waals surface area (Å²) in [6.07, 6.45) is 10.5. The van der Waals surface area contributed by atoms with E-state index in [1.165, 1.54) is 6.16 Å². The Balaban J connectivity index is 2.87. The van der Waals surface area contributed by atoms with Crippen LogP contribution in [0.4, 0.5) is 0 Å². The SMILES string of the molecule is CCC#CCC(CC)=C(C)P(C)CC1C(C)C(C)C1(C)C=CCC. The Morgan fingerprint density at radius 1 is 1.17 bits per heavy atom. The first-order chi connectivity index (χ1) is 11.3. The number of hydrogen-bond donors (Lipinski definition) is 0. The second-order valence-electron chi connectivity index (χ2n) is 7.74. The van der Waals surface area contributed by atoms with Gasteiger partial charge in [-0.1, -0.05) is 73.1 Å². The van der Waals surface area contributed by atoms with Gasteiger partial charge < -0.3 is 0 Å². The molecule has 0 radical (unpaired) electrons. The summed E-state index contributed by atoms with van der Waals surface area (Å²) < 4.78 is 0. The van der Waals surface area contributed by atoms with Gasteiger partial charge in [0, 0.05) is 12.8 Å². The van der Waals surface area contributed by atoms with E-state index in [1.54, 1.807) is 10.9 Å². The summed E-state index contributed by atoms with van der Waals surface area (Å²) in [6, 6.07) is 0. The molecule has 0 aromatic heterocycles. The summed E-state index contributed by atoms with van der Waals surface area (Å²) in [7, 11) is -0.0429. The van der Waals surface area contributed by atoms with Gasteiger partial charge in [-0.2, -0.15) is 0 Å². The van der Waals surface area contributed by atoms with Crippen LogP contribution in [0.25, 0.3) is 0 Å². The fraction of sp³-hybridized carbons (Fsp3) is 0.739. The van der Waals surface area contributed by atoms with Gasteiger partial charge in [-0.3, -0.25) is 0 Å². The first-order valence-electron chi connectivity index (χ1n) is 9.86. The monoisotopic (exact) mass is 346 g/mol. The molecule has 0 heterocycles. The zero-order valence-electron chi connectivity index (χ0n) is 17.4. The van der Waals surface area contributed by atoms with E-state index in [-0.39, 0.29) is 7.92 Å². The highest BCUT2D eigenvalue weighted by molar-refractivity contribution is 7.61. The Morgan fingerprint density at radius 2 is 1.83 bits per heavy atom. The van der Waals surface area contributed by atoms with Gasteiger partial charge in [0.15, 0.2) is 0 Å². The minimum absolute atomic E-state index is 0.0429. The molecule has 5 atom stereocenters. The Hall–Kier alpha value is -0.530. The highest BCUT2D eigenvalue weighted by Crippen LogP contribution is 2.61. The summed E-state index contributed by atoms with van der Waals surface area (Å²) >= 11 is 0. The van der Waals surface area contributed by atoms with Gasteiger partial charge in [-0.25, -0.2) is 0 Å². The smallest absolute Gasteiger partial charge is 0.0305 e. The Kier molecular flexibility index (Phi) is 8.81. The summed E-state index contributed by atoms with van der Waals surface area (Å²) in [5.41, 5.74) is 2.00. The van der Waals surface area contributed by atoms with Crippen LogP contribution < -0.4 is 0 Å². The van der Waals surface area contributed by atoms with Gasteiger partial charge in [0.2, 0.25) is 0 Å². The standard InChI is InChI=1S/C23H39P/c1-9-12-14-15-21(11-3)20(6)24(8)17-22-18(4)19(5)23(22,7)16-13-10-2/h13,16,18-19,22H,9-11,15,17H2,1-8H3. The third-order valence-electron chi connectivity index (χ3n) is 6.50. The summed E-state index contributed by atoms with van der Waals surface area (Å²) in [6.45, 7) is 18.9. The van der Waals surface area contributed by atoms with E-state index in [1.807, 2.05) is 0 Å². The van der Waals surface area contributed by atoms with Crippen molar-refractivity contribution >= 4 is 7.92 Å². The molecular weight excluding hydrogens is 307 g/mol. The van der Waals surface area contributed by atoms with Crippen molar-refractivity contribution < 1.29 is 0 Å². The van der Waals surface area contributed by atoms with Crippen LogP contribution in [0.3, 0.4) is 0 Å². The molecule has 0 N–H and O–H groups in total. The van der Waals surface area contributed by atoms with Crippen LogP contribution in [-0.2, 0) is 0 Å². The van der Waals surface area contributed by atoms with E-state index in [0.29, 0.717) is 5.41 Å². The second-order valence-corrected chi connectivity index (χ2v) is 10.2. The maximum absolute atomic E-state index is 3.35. The predicted molar refractivity (Wildman–Crippen MR) is 113 cm³/mol. The third kappa shape index (κ3) is 4.76. The van der Waals surface area contributed by atoms with Crippen molar-refractivity contribution in [1.29, 1.82) is 0 Å². The van der Waals surface area contributed by atoms with Gasteiger partial charge >= 0.3 is 0 Å². The number of rotatable bonds is 7. The van der Waals surface area contributed by atoms with Gasteiger partial charge in [-0.15, -0.1) is 5.92 Å². The summed E-state index contributed by atoms with van der Waals surface area (Å²) in [5, 5.41) is 1.66. The van der Waals surface area contributed by atoms with Gasteiger partial charge in [0.1, 0.15) is 0 Å². The molecular formula is C23H39P. The molecule has 0 aliphatic heterocycles. The Bertz CT molecular complexity index is 516. The molecule has 1 rings (SSSR count). The van der Waals surface area contributed by atoms with Gasteiger partial charge in [-0.05, 0) is 61.1 Å². The molecule has 1 fully saturated rings. The molecule has 136 valence electrons. The highest BCUT2D eigenvalue weighted by Gasteiger charge is 2.52. The normalized spacial score (nSPS) is 31.9. The van der Waals surface area contributed by atoms with E-state index in [9.17, 15) is 0 Å². The van der Waals surface area contributed by atoms with Crippen LogP contribution in [-0.4, -0.2) is 12.8 Å². The van der Waals surface area contributed by atoms with E-state index in [4.69, 9.17) is 0 Å². The van der Waals surface area contributed by atoms with E-state index in [0.717, 1.165) is 43.4 Å². The first-order valence-corrected chi connectivity index (χ1v) is 11.8. The van der Waals surface area contributed by atoms with Crippen LogP contribution in [0.5, 0.6) is 0 Å². The fourth-order valence-electron chi connectivity index (χ4n) is 4.22. The summed E-state index contributed by atoms with van der Waals surface area (Å²) in [4.78, 5) is 0. The molecule has 0 aromatic carbocycles. The molecule has 0 bridgehead atoms. The number of allylic oxidation sites excluding steroid dienone is 4. The molecule has 0 amide bonds. The largest absolute Gasteiger partial charge is 0.103 e. The maximum Gasteiger partial charge on any atom is 0.0305 e. The molecule has 1 heteroatoms. The van der Waals surface area contributed by atoms with Crippen molar-refractivity contribution in [2.75, 3.05) is 12.8 Å². The molecule has 0 spiro atoms. The van der Waals surface area contributed by atoms with Crippen molar-refractivity contribution in [1.82, 2.24) is 0 Å². The summed E-state index contributed by atoms with van der Waals surface area (Å²) in [5.74, 6) is 9.07. The van der Waals surface area contributed by atoms with Crippen LogP contribution >= 0.6 is 7.92 Å². The second kappa shape index (κ2) is 9.82. The van der Waals surface area contributed by atoms with Crippen LogP contribution in [0.2, 0.25) is 0 Å². The Morgan fingerprint density at radius 3 is 2.38 bits per heavy atom. The highest BCUT2D eigenvalue weighted by atomic mass is 31.1. The topological polar surface area (TPSA) is 0 Å². The van der Waals surface area contributed by atoms with E-state index in [2.05, 4.69) is 79.1 Å². The lowest BCUT2D eigenvalue weighted by atomic mass is 9.49. The molecule has 5 unspecified atom stereocenters. The first kappa shape index (κ1) is 21.5. The molecule has 0 saturated heterocycles. The van der Waals surface area contributed by atoms with Crippen molar-refractivity contribution in [2.24, 2.45) is 23.2 Å². The van der Waals surface area contributed by atoms with Crippen molar-refractivity contribution in [3.05, 3.63) is 23.0 Å². The predicted octanol–water partition coefficient (Wildman–Crippen LogP) is 7.46. The fourth-order valence-corrected chi connectivity index (χ4v) is 6.58. The van der Waals surface area contributed by atoms with Crippen molar-refractivity contribution in [3.63, 3.8) is 0 Å². The van der Waals surface area contributed by atoms with Gasteiger partial charge in [0.05, 0.1) is 0 Å². The molecule has 24 heavy (non-hydrogen) atoms. The van der Waals surface area contributed by atoms with Crippen molar-refractivity contribution in [2.45, 2.75) is 74.1 Å². The van der Waals surface area contributed by atoms with E-state index < -0.39 is 0 Å². The molecule has 1 aliphatic rings. The van der Waals surface area contributed by atoms with Crippen LogP contribution in [0.15, 0.2) is 23.0 Å². The minimum atomic E-state index is -0.0429. The average Bonchev–Trinajstić information content (AvgIpc) is 2.59. The Labute approximate surface area is 153 Å². The van der Waals surface area contributed by atoms with Crippen molar-refractivity contribution in [3.8, 4) is 11.8 Å². The quantitative estimate of drug-likeness (QED) is 0.255. The van der Waals surface area contributed by atoms with Gasteiger partial charge in [0.25, 0.3) is 0 Å². The zero-order chi connectivity index (χ0) is 18.3. The lowest BCUT2D eigenvalue weighted by Gasteiger charge is -2.58. The lowest BCUT2D eigenvalue weighted by molar-refractivity contribution is -0.0367. The zero-order valence-corrected chi connectivity index (χ0v) is 18.3. The van der Waals surface area contributed by atoms with E-state index >= 15 is 0 Å². The van der Waals surface area contributed by atoms with Crippen LogP contribution in [0, 0.1) is 35.0 Å². The minimum Gasteiger partial charge on any atom is -0.103 e. The molecule has 0 nitrogen and oxygen atoms in total. The maximum atomic E-state index is 3.35. The third-order valence-corrected chi connectivity index (χ3v) is 8.90. The lowest BCUT2D eigenvalue weighted by Crippen LogP contribution is -2.52. The molecule has 1 aliphatic carbocycles. The van der Waals surface area contributed by atoms with Crippen LogP contribution in [0.1, 0.15) is 74.1 Å².